The summed E-state index contributed by atoms with van der Waals surface area (Å²) in [6.07, 6.45) is 0. The van der Waals surface area contributed by atoms with Crippen LogP contribution in [0.25, 0.3) is 87.6 Å². The molecule has 1 heteroatoms. The molecule has 0 radical (unpaired) electrons. The Balaban J connectivity index is 1.00. The summed E-state index contributed by atoms with van der Waals surface area (Å²) in [5.41, 5.74) is 23.9. The summed E-state index contributed by atoms with van der Waals surface area (Å²) < 4.78 is 0. The molecule has 326 valence electrons. The number of para-hydroxylation sites is 2. The van der Waals surface area contributed by atoms with Gasteiger partial charge in [-0.3, -0.25) is 0 Å². The Labute approximate surface area is 411 Å². The zero-order valence-electron chi connectivity index (χ0n) is 38.6. The Morgan fingerprint density at radius 1 is 0.211 bits per heavy atom. The Morgan fingerprint density at radius 3 is 1.01 bits per heavy atom. The minimum absolute atomic E-state index is 0.435. The molecule has 2 spiro atoms. The molecule has 4 aliphatic rings. The van der Waals surface area contributed by atoms with Gasteiger partial charge in [-0.05, 0) is 181 Å². The summed E-state index contributed by atoms with van der Waals surface area (Å²) in [6, 6.07) is 94.6. The lowest BCUT2D eigenvalue weighted by molar-refractivity contribution is 0.795. The van der Waals surface area contributed by atoms with Crippen molar-refractivity contribution < 1.29 is 0 Å². The molecule has 0 amide bonds. The van der Waals surface area contributed by atoms with E-state index in [2.05, 4.69) is 254 Å². The molecular formula is C70H41N. The third-order valence-corrected chi connectivity index (χ3v) is 17.2. The lowest BCUT2D eigenvalue weighted by Crippen LogP contribution is -2.26. The number of hydrogen-bond donors (Lipinski definition) is 0. The van der Waals surface area contributed by atoms with Crippen molar-refractivity contribution in [1.29, 1.82) is 0 Å². The monoisotopic (exact) mass is 895 g/mol. The van der Waals surface area contributed by atoms with Crippen molar-refractivity contribution in [2.75, 3.05) is 4.90 Å². The van der Waals surface area contributed by atoms with Gasteiger partial charge in [0.2, 0.25) is 0 Å². The van der Waals surface area contributed by atoms with E-state index in [1.54, 1.807) is 0 Å². The number of rotatable bonds is 3. The van der Waals surface area contributed by atoms with Crippen molar-refractivity contribution >= 4 is 60.2 Å². The van der Waals surface area contributed by atoms with Crippen molar-refractivity contribution in [2.24, 2.45) is 0 Å². The molecule has 1 atom stereocenters. The van der Waals surface area contributed by atoms with Gasteiger partial charge >= 0.3 is 0 Å². The minimum atomic E-state index is -0.561. The molecule has 13 aromatic carbocycles. The molecule has 0 saturated carbocycles. The second-order valence-corrected chi connectivity index (χ2v) is 20.1. The van der Waals surface area contributed by atoms with Gasteiger partial charge < -0.3 is 4.90 Å². The van der Waals surface area contributed by atoms with Gasteiger partial charge in [-0.2, -0.15) is 0 Å². The summed E-state index contributed by atoms with van der Waals surface area (Å²) in [6.45, 7) is 0. The maximum Gasteiger partial charge on any atom is 0.0726 e. The molecule has 0 heterocycles. The first kappa shape index (κ1) is 37.9. The lowest BCUT2D eigenvalue weighted by atomic mass is 9.69. The molecule has 13 aromatic rings. The van der Waals surface area contributed by atoms with Gasteiger partial charge in [0.05, 0.1) is 10.8 Å². The van der Waals surface area contributed by atoms with E-state index in [1.807, 2.05) is 0 Å². The molecular weight excluding hydrogens is 855 g/mol. The minimum Gasteiger partial charge on any atom is -0.310 e. The van der Waals surface area contributed by atoms with Crippen molar-refractivity contribution in [3.63, 3.8) is 0 Å². The van der Waals surface area contributed by atoms with Gasteiger partial charge in [-0.25, -0.2) is 0 Å². The van der Waals surface area contributed by atoms with Gasteiger partial charge in [0.25, 0.3) is 0 Å². The predicted molar refractivity (Wildman–Crippen MR) is 295 cm³/mol. The van der Waals surface area contributed by atoms with Crippen LogP contribution in [0.1, 0.15) is 44.5 Å². The molecule has 17 rings (SSSR count). The molecule has 0 aliphatic heterocycles. The van der Waals surface area contributed by atoms with Crippen molar-refractivity contribution in [3.8, 4) is 44.5 Å². The van der Waals surface area contributed by atoms with E-state index >= 15 is 0 Å². The topological polar surface area (TPSA) is 3.24 Å². The van der Waals surface area contributed by atoms with Crippen LogP contribution < -0.4 is 4.90 Å². The fourth-order valence-electron chi connectivity index (χ4n) is 14.8. The van der Waals surface area contributed by atoms with E-state index in [0.717, 1.165) is 17.1 Å². The summed E-state index contributed by atoms with van der Waals surface area (Å²) in [7, 11) is 0. The van der Waals surface area contributed by atoms with Crippen molar-refractivity contribution in [1.82, 2.24) is 0 Å². The van der Waals surface area contributed by atoms with E-state index in [-0.39, 0.29) is 0 Å². The molecule has 0 bridgehead atoms. The Bertz CT molecular complexity index is 4380. The Morgan fingerprint density at radius 2 is 0.563 bits per heavy atom. The van der Waals surface area contributed by atoms with Gasteiger partial charge in [-0.15, -0.1) is 0 Å². The van der Waals surface area contributed by atoms with Crippen LogP contribution in [-0.4, -0.2) is 0 Å². The Hall–Kier alpha value is -9.04. The van der Waals surface area contributed by atoms with Crippen LogP contribution in [0.15, 0.2) is 249 Å². The summed E-state index contributed by atoms with van der Waals surface area (Å²) in [5, 5.41) is 10.6. The molecule has 0 aromatic heterocycles. The maximum absolute atomic E-state index is 2.63. The molecule has 1 nitrogen and oxygen atoms in total. The largest absolute Gasteiger partial charge is 0.310 e. The first-order chi connectivity index (χ1) is 35.3. The van der Waals surface area contributed by atoms with E-state index in [1.165, 1.54) is 132 Å². The van der Waals surface area contributed by atoms with E-state index < -0.39 is 10.8 Å². The first-order valence-corrected chi connectivity index (χ1v) is 25.0. The highest BCUT2D eigenvalue weighted by Crippen LogP contribution is 2.67. The van der Waals surface area contributed by atoms with Gasteiger partial charge in [0.15, 0.2) is 0 Å². The molecule has 0 N–H and O–H groups in total. The predicted octanol–water partition coefficient (Wildman–Crippen LogP) is 17.9. The molecule has 1 unspecified atom stereocenters. The highest BCUT2D eigenvalue weighted by Gasteiger charge is 2.54. The normalized spacial score (nSPS) is 15.8. The second kappa shape index (κ2) is 13.4. The van der Waals surface area contributed by atoms with Gasteiger partial charge in [0, 0.05) is 17.1 Å². The average molecular weight is 896 g/mol. The van der Waals surface area contributed by atoms with Crippen LogP contribution in [0, 0.1) is 0 Å². The van der Waals surface area contributed by atoms with E-state index in [9.17, 15) is 0 Å². The summed E-state index contributed by atoms with van der Waals surface area (Å²) >= 11 is 0. The fraction of sp³-hybridized carbons (Fsp3) is 0.0286. The van der Waals surface area contributed by atoms with Crippen LogP contribution in [-0.2, 0) is 10.8 Å². The number of hydrogen-bond acceptors (Lipinski definition) is 1. The van der Waals surface area contributed by atoms with E-state index in [4.69, 9.17) is 0 Å². The smallest absolute Gasteiger partial charge is 0.0726 e. The number of nitrogens with zero attached hydrogens (tertiary/aromatic N) is 1. The SMILES string of the molecule is c1ccc(N(c2ccccc2)c2ccc3c(c2)C2(c4ccccc4-3)c3ccccc3-c3c2cc2c4cccc5c6c(cc(c7cccc3c72)c54)C2(c3ccccc3-c3ccccc32)c2ccccc2-6)cc1. The molecule has 4 aliphatic carbocycles. The quantitative estimate of drug-likeness (QED) is 0.126. The number of anilines is 3. The van der Waals surface area contributed by atoms with Crippen LogP contribution in [0.4, 0.5) is 17.1 Å². The lowest BCUT2D eigenvalue weighted by Gasteiger charge is -2.33. The zero-order chi connectivity index (χ0) is 46.2. The Kier molecular flexibility index (Phi) is 7.14. The third-order valence-electron chi connectivity index (χ3n) is 17.2. The third kappa shape index (κ3) is 4.42. The zero-order valence-corrected chi connectivity index (χ0v) is 38.6. The first-order valence-electron chi connectivity index (χ1n) is 25.0. The highest BCUT2D eigenvalue weighted by atomic mass is 15.1. The van der Waals surface area contributed by atoms with Crippen LogP contribution in [0.2, 0.25) is 0 Å². The maximum atomic E-state index is 2.63. The number of benzene rings is 13. The summed E-state index contributed by atoms with van der Waals surface area (Å²) in [5.74, 6) is 0. The van der Waals surface area contributed by atoms with Crippen LogP contribution in [0.5, 0.6) is 0 Å². The van der Waals surface area contributed by atoms with E-state index in [0.29, 0.717) is 0 Å². The highest BCUT2D eigenvalue weighted by molar-refractivity contribution is 6.36. The fourth-order valence-corrected chi connectivity index (χ4v) is 14.8. The number of fused-ring (bicyclic) bond motifs is 24. The van der Waals surface area contributed by atoms with Crippen LogP contribution >= 0.6 is 0 Å². The van der Waals surface area contributed by atoms with Crippen molar-refractivity contribution in [2.45, 2.75) is 10.8 Å². The van der Waals surface area contributed by atoms with Gasteiger partial charge in [0.1, 0.15) is 0 Å². The molecule has 71 heavy (non-hydrogen) atoms. The van der Waals surface area contributed by atoms with Crippen LogP contribution in [0.3, 0.4) is 0 Å². The van der Waals surface area contributed by atoms with Crippen molar-refractivity contribution in [3.05, 3.63) is 293 Å². The second-order valence-electron chi connectivity index (χ2n) is 20.1. The standard InChI is InChI=1S/C70H41N/c1-3-19-42(20-4-1)71(43-21-5-2-6-22-43)44-37-38-48-47-25-9-14-34-59(47)70(62(48)39-44)61-36-16-11-27-52(61)68-54-31-18-28-49-55-40-63-67(53-30-17-29-50(65(53)55)56(66(49)54)41-64(68)70)51-26-10-15-35-60(51)69(63)57-32-12-7-23-45(57)46-24-8-13-33-58(46)69/h1-41H. The van der Waals surface area contributed by atoms with Gasteiger partial charge in [-0.1, -0.05) is 200 Å². The molecule has 0 saturated heterocycles. The summed E-state index contributed by atoms with van der Waals surface area (Å²) in [4.78, 5) is 2.41. The molecule has 0 fully saturated rings. The average Bonchev–Trinajstić information content (AvgIpc) is 4.13.